The normalized spacial score (nSPS) is 11.8. The first kappa shape index (κ1) is 13.0. The number of methoxy groups -OCH3 is 1. The number of aromatic hydroxyl groups is 1. The molecule has 0 aliphatic carbocycles. The fourth-order valence-corrected chi connectivity index (χ4v) is 1.62. The van der Waals surface area contributed by atoms with E-state index in [4.69, 9.17) is 19.0 Å². The predicted molar refractivity (Wildman–Crippen MR) is 67.1 cm³/mol. The van der Waals surface area contributed by atoms with Crippen molar-refractivity contribution in [3.05, 3.63) is 48.4 Å². The van der Waals surface area contributed by atoms with Gasteiger partial charge in [-0.1, -0.05) is 0 Å². The number of phenols is 1. The molecule has 19 heavy (non-hydrogen) atoms. The van der Waals surface area contributed by atoms with E-state index < -0.39 is 11.9 Å². The van der Waals surface area contributed by atoms with Crippen LogP contribution in [0.15, 0.2) is 47.1 Å². The summed E-state index contributed by atoms with van der Waals surface area (Å²) in [6.07, 6.45) is 1.49. The number of ether oxygens (including phenoxy) is 2. The van der Waals surface area contributed by atoms with Gasteiger partial charge in [-0.25, -0.2) is 0 Å². The first-order chi connectivity index (χ1) is 9.20. The van der Waals surface area contributed by atoms with E-state index in [0.717, 1.165) is 0 Å². The Labute approximate surface area is 110 Å². The summed E-state index contributed by atoms with van der Waals surface area (Å²) >= 11 is 0. The van der Waals surface area contributed by atoms with Crippen molar-refractivity contribution in [2.75, 3.05) is 13.7 Å². The third-order valence-electron chi connectivity index (χ3n) is 2.63. The van der Waals surface area contributed by atoms with Crippen LogP contribution in [-0.4, -0.2) is 24.8 Å². The zero-order chi connectivity index (χ0) is 13.7. The van der Waals surface area contributed by atoms with Gasteiger partial charge in [0.25, 0.3) is 0 Å². The van der Waals surface area contributed by atoms with Gasteiger partial charge in [0.1, 0.15) is 29.8 Å². The number of carbonyl (C=O) groups is 1. The molecule has 0 bridgehead atoms. The van der Waals surface area contributed by atoms with Gasteiger partial charge in [-0.05, 0) is 36.4 Å². The summed E-state index contributed by atoms with van der Waals surface area (Å²) < 4.78 is 15.4. The average molecular weight is 262 g/mol. The van der Waals surface area contributed by atoms with Gasteiger partial charge >= 0.3 is 5.97 Å². The van der Waals surface area contributed by atoms with Gasteiger partial charge in [0.2, 0.25) is 0 Å². The molecule has 1 aromatic heterocycles. The highest BCUT2D eigenvalue weighted by Gasteiger charge is 2.25. The SMILES string of the molecule is COC(=O)C(COc1ccc(O)cc1)c1ccco1. The lowest BCUT2D eigenvalue weighted by molar-refractivity contribution is -0.143. The molecule has 1 N–H and O–H groups in total. The minimum Gasteiger partial charge on any atom is -0.508 e. The second-order valence-electron chi connectivity index (χ2n) is 3.90. The second-order valence-corrected chi connectivity index (χ2v) is 3.90. The molecular formula is C14H14O5. The van der Waals surface area contributed by atoms with Gasteiger partial charge in [0.05, 0.1) is 13.4 Å². The third kappa shape index (κ3) is 3.28. The van der Waals surface area contributed by atoms with Crippen molar-refractivity contribution in [3.8, 4) is 11.5 Å². The van der Waals surface area contributed by atoms with Crippen LogP contribution in [0.5, 0.6) is 11.5 Å². The van der Waals surface area contributed by atoms with Crippen molar-refractivity contribution in [2.24, 2.45) is 0 Å². The number of hydrogen-bond acceptors (Lipinski definition) is 5. The Hall–Kier alpha value is -2.43. The van der Waals surface area contributed by atoms with Crippen LogP contribution in [-0.2, 0) is 9.53 Å². The van der Waals surface area contributed by atoms with Crippen LogP contribution in [0.4, 0.5) is 0 Å². The topological polar surface area (TPSA) is 68.9 Å². The lowest BCUT2D eigenvalue weighted by Gasteiger charge is -2.13. The minimum atomic E-state index is -0.617. The zero-order valence-electron chi connectivity index (χ0n) is 10.4. The number of esters is 1. The highest BCUT2D eigenvalue weighted by atomic mass is 16.5. The fraction of sp³-hybridized carbons (Fsp3) is 0.214. The highest BCUT2D eigenvalue weighted by molar-refractivity contribution is 5.77. The van der Waals surface area contributed by atoms with Gasteiger partial charge < -0.3 is 19.0 Å². The fourth-order valence-electron chi connectivity index (χ4n) is 1.62. The Bertz CT molecular complexity index is 515. The van der Waals surface area contributed by atoms with Crippen molar-refractivity contribution in [2.45, 2.75) is 5.92 Å². The summed E-state index contributed by atoms with van der Waals surface area (Å²) in [4.78, 5) is 11.7. The van der Waals surface area contributed by atoms with Gasteiger partial charge in [-0.15, -0.1) is 0 Å². The van der Waals surface area contributed by atoms with Crippen LogP contribution in [0.25, 0.3) is 0 Å². The molecule has 5 heteroatoms. The van der Waals surface area contributed by atoms with Crippen LogP contribution in [0.2, 0.25) is 0 Å². The van der Waals surface area contributed by atoms with E-state index in [1.807, 2.05) is 0 Å². The standard InChI is InChI=1S/C14H14O5/c1-17-14(16)12(13-3-2-8-18-13)9-19-11-6-4-10(15)5-7-11/h2-8,12,15H,9H2,1H3. The van der Waals surface area contributed by atoms with Crippen molar-refractivity contribution in [1.82, 2.24) is 0 Å². The van der Waals surface area contributed by atoms with Gasteiger partial charge in [-0.3, -0.25) is 4.79 Å². The van der Waals surface area contributed by atoms with Gasteiger partial charge in [0.15, 0.2) is 0 Å². The third-order valence-corrected chi connectivity index (χ3v) is 2.63. The molecule has 0 aliphatic heterocycles. The Morgan fingerprint density at radius 3 is 2.63 bits per heavy atom. The maximum atomic E-state index is 11.7. The number of hydrogen-bond donors (Lipinski definition) is 1. The van der Waals surface area contributed by atoms with E-state index in [2.05, 4.69) is 0 Å². The number of phenolic OH excluding ortho intramolecular Hbond substituents is 1. The molecule has 0 spiro atoms. The van der Waals surface area contributed by atoms with Crippen molar-refractivity contribution >= 4 is 5.97 Å². The summed E-state index contributed by atoms with van der Waals surface area (Å²) in [6.45, 7) is 0.102. The predicted octanol–water partition coefficient (Wildman–Crippen LogP) is 2.32. The van der Waals surface area contributed by atoms with Crippen molar-refractivity contribution < 1.29 is 23.8 Å². The molecule has 0 aliphatic rings. The minimum absolute atomic E-state index is 0.102. The van der Waals surface area contributed by atoms with Crippen LogP contribution in [0.1, 0.15) is 11.7 Å². The smallest absolute Gasteiger partial charge is 0.319 e. The Balaban J connectivity index is 2.05. The van der Waals surface area contributed by atoms with Crippen LogP contribution in [0, 0.1) is 0 Å². The van der Waals surface area contributed by atoms with Crippen LogP contribution in [0.3, 0.4) is 0 Å². The van der Waals surface area contributed by atoms with Crippen LogP contribution >= 0.6 is 0 Å². The molecule has 0 saturated carbocycles. The Morgan fingerprint density at radius 1 is 1.32 bits per heavy atom. The van der Waals surface area contributed by atoms with E-state index in [-0.39, 0.29) is 12.4 Å². The number of carbonyl (C=O) groups excluding carboxylic acids is 1. The van der Waals surface area contributed by atoms with Crippen molar-refractivity contribution in [1.29, 1.82) is 0 Å². The first-order valence-corrected chi connectivity index (χ1v) is 5.74. The molecule has 1 unspecified atom stereocenters. The maximum Gasteiger partial charge on any atom is 0.319 e. The Morgan fingerprint density at radius 2 is 2.05 bits per heavy atom. The number of rotatable bonds is 5. The second kappa shape index (κ2) is 5.95. The lowest BCUT2D eigenvalue weighted by atomic mass is 10.1. The monoisotopic (exact) mass is 262 g/mol. The quantitative estimate of drug-likeness (QED) is 0.837. The largest absolute Gasteiger partial charge is 0.508 e. The summed E-state index contributed by atoms with van der Waals surface area (Å²) in [5, 5.41) is 9.17. The molecule has 5 nitrogen and oxygen atoms in total. The van der Waals surface area contributed by atoms with Crippen LogP contribution < -0.4 is 4.74 Å². The highest BCUT2D eigenvalue weighted by Crippen LogP contribution is 2.21. The molecular weight excluding hydrogens is 248 g/mol. The number of furan rings is 1. The molecule has 1 heterocycles. The first-order valence-electron chi connectivity index (χ1n) is 5.74. The zero-order valence-corrected chi connectivity index (χ0v) is 10.4. The molecule has 0 saturated heterocycles. The van der Waals surface area contributed by atoms with E-state index >= 15 is 0 Å². The molecule has 0 radical (unpaired) electrons. The van der Waals surface area contributed by atoms with E-state index in [1.165, 1.54) is 25.5 Å². The van der Waals surface area contributed by atoms with Crippen molar-refractivity contribution in [3.63, 3.8) is 0 Å². The summed E-state index contributed by atoms with van der Waals surface area (Å²) in [5.41, 5.74) is 0. The van der Waals surface area contributed by atoms with E-state index in [1.54, 1.807) is 24.3 Å². The molecule has 0 amide bonds. The van der Waals surface area contributed by atoms with Gasteiger partial charge in [-0.2, -0.15) is 0 Å². The summed E-state index contributed by atoms with van der Waals surface area (Å²) in [6, 6.07) is 9.65. The van der Waals surface area contributed by atoms with E-state index in [0.29, 0.717) is 11.5 Å². The molecule has 100 valence electrons. The van der Waals surface area contributed by atoms with E-state index in [9.17, 15) is 4.79 Å². The number of benzene rings is 1. The molecule has 1 atom stereocenters. The summed E-state index contributed by atoms with van der Waals surface area (Å²) in [5.74, 6) is 0.161. The maximum absolute atomic E-state index is 11.7. The summed E-state index contributed by atoms with van der Waals surface area (Å²) in [7, 11) is 1.32. The Kier molecular flexibility index (Phi) is 4.07. The lowest BCUT2D eigenvalue weighted by Crippen LogP contribution is -2.20. The molecule has 0 fully saturated rings. The van der Waals surface area contributed by atoms with Gasteiger partial charge in [0, 0.05) is 0 Å². The molecule has 2 rings (SSSR count). The average Bonchev–Trinajstić information content (AvgIpc) is 2.94. The molecule has 1 aromatic carbocycles. The molecule has 2 aromatic rings.